The molecule has 0 aliphatic heterocycles. The summed E-state index contributed by atoms with van der Waals surface area (Å²) in [6, 6.07) is -3.90. The highest BCUT2D eigenvalue weighted by molar-refractivity contribution is 5.87. The lowest BCUT2D eigenvalue weighted by atomic mass is 10.2. The van der Waals surface area contributed by atoms with Crippen molar-refractivity contribution in [2.24, 2.45) is 11.5 Å². The van der Waals surface area contributed by atoms with Crippen LogP contribution in [0.15, 0.2) is 4.52 Å². The lowest BCUT2D eigenvalue weighted by Gasteiger charge is -2.17. The molecule has 0 unspecified atom stereocenters. The summed E-state index contributed by atoms with van der Waals surface area (Å²) < 4.78 is 4.91. The fourth-order valence-corrected chi connectivity index (χ4v) is 1.66. The predicted molar refractivity (Wildman–Crippen MR) is 78.1 cm³/mol. The summed E-state index contributed by atoms with van der Waals surface area (Å²) in [7, 11) is 0. The van der Waals surface area contributed by atoms with E-state index in [4.69, 9.17) is 26.2 Å². The number of aliphatic hydroxyl groups is 2. The van der Waals surface area contributed by atoms with Gasteiger partial charge in [0.2, 0.25) is 11.8 Å². The van der Waals surface area contributed by atoms with Gasteiger partial charge in [0, 0.05) is 0 Å². The third-order valence-electron chi connectivity index (χ3n) is 2.97. The molecule has 0 aromatic carbocycles. The minimum atomic E-state index is -1.10. The molecule has 0 saturated heterocycles. The Morgan fingerprint density at radius 1 is 1.25 bits per heavy atom. The molecule has 0 aliphatic rings. The van der Waals surface area contributed by atoms with Gasteiger partial charge in [0.25, 0.3) is 0 Å². The van der Waals surface area contributed by atoms with E-state index >= 15 is 0 Å². The normalized spacial score (nSPS) is 14.5. The number of amides is 3. The minimum absolute atomic E-state index is 0.0128. The fourth-order valence-electron chi connectivity index (χ4n) is 1.66. The predicted octanol–water partition coefficient (Wildman–Crippen LogP) is -2.77. The summed E-state index contributed by atoms with van der Waals surface area (Å²) in [6.07, 6.45) is -0.354. The second-order valence-corrected chi connectivity index (χ2v) is 4.97. The number of hydrogen-bond donors (Lipinski definition) is 6. The van der Waals surface area contributed by atoms with Crippen LogP contribution in [0.2, 0.25) is 0 Å². The van der Waals surface area contributed by atoms with Crippen LogP contribution in [0.5, 0.6) is 0 Å². The van der Waals surface area contributed by atoms with E-state index in [0.717, 1.165) is 0 Å². The molecule has 8 N–H and O–H groups in total. The maximum Gasteiger partial charge on any atom is 0.316 e. The molecule has 3 atom stereocenters. The summed E-state index contributed by atoms with van der Waals surface area (Å²) >= 11 is 0. The quantitative estimate of drug-likeness (QED) is 0.273. The SMILES string of the molecule is CC(=O)[C@H](CO)NC(=O)N[C@@H](CC(N)=O)c1nc([C@@H](N)CO)no1. The number of Topliss-reactive ketones (excluding diaryl/α,β-unsaturated/α-hetero) is 1. The molecular weight excluding hydrogens is 324 g/mol. The third kappa shape index (κ3) is 5.57. The highest BCUT2D eigenvalue weighted by atomic mass is 16.5. The molecule has 1 rings (SSSR count). The van der Waals surface area contributed by atoms with Crippen molar-refractivity contribution >= 4 is 17.7 Å². The molecule has 12 heteroatoms. The summed E-state index contributed by atoms with van der Waals surface area (Å²) in [5, 5.41) is 26.1. The second kappa shape index (κ2) is 8.90. The number of nitrogens with zero attached hydrogens (tertiary/aromatic N) is 2. The number of hydrogen-bond acceptors (Lipinski definition) is 9. The number of aliphatic hydroxyl groups excluding tert-OH is 2. The summed E-state index contributed by atoms with van der Waals surface area (Å²) in [6.45, 7) is 0.187. The molecule has 0 bridgehead atoms. The molecule has 1 heterocycles. The van der Waals surface area contributed by atoms with Gasteiger partial charge in [0.05, 0.1) is 25.7 Å². The van der Waals surface area contributed by atoms with Gasteiger partial charge < -0.3 is 36.8 Å². The van der Waals surface area contributed by atoms with E-state index in [-0.39, 0.29) is 18.1 Å². The number of aromatic nitrogens is 2. The smallest absolute Gasteiger partial charge is 0.316 e. The van der Waals surface area contributed by atoms with Gasteiger partial charge in [-0.05, 0) is 6.92 Å². The molecule has 12 nitrogen and oxygen atoms in total. The standard InChI is InChI=1S/C12H20N6O6/c1-5(21)8(4-20)16-12(23)15-7(2-9(14)22)11-17-10(18-24-11)6(13)3-19/h6-8,19-20H,2-4,13H2,1H3,(H2,14,22)(H2,15,16,23)/t6-,7-,8-/m0/s1. The zero-order chi connectivity index (χ0) is 18.3. The second-order valence-electron chi connectivity index (χ2n) is 4.97. The Bertz CT molecular complexity index is 590. The molecule has 1 aromatic rings. The Hall–Kier alpha value is -2.57. The zero-order valence-electron chi connectivity index (χ0n) is 12.9. The van der Waals surface area contributed by atoms with Gasteiger partial charge in [-0.15, -0.1) is 0 Å². The van der Waals surface area contributed by atoms with Gasteiger partial charge in [-0.3, -0.25) is 9.59 Å². The maximum atomic E-state index is 11.9. The Balaban J connectivity index is 2.85. The van der Waals surface area contributed by atoms with E-state index in [1.807, 2.05) is 0 Å². The number of ketones is 1. The van der Waals surface area contributed by atoms with Crippen molar-refractivity contribution in [1.82, 2.24) is 20.8 Å². The van der Waals surface area contributed by atoms with E-state index in [1.54, 1.807) is 0 Å². The number of rotatable bonds is 9. The maximum absolute atomic E-state index is 11.9. The number of nitrogens with two attached hydrogens (primary N) is 2. The number of primary amides is 1. The number of nitrogens with one attached hydrogen (secondary N) is 2. The molecule has 0 aliphatic carbocycles. The molecule has 0 saturated carbocycles. The molecule has 134 valence electrons. The molecule has 1 aromatic heterocycles. The lowest BCUT2D eigenvalue weighted by molar-refractivity contribution is -0.120. The fraction of sp³-hybridized carbons (Fsp3) is 0.583. The van der Waals surface area contributed by atoms with Crippen molar-refractivity contribution in [2.45, 2.75) is 31.5 Å². The molecule has 24 heavy (non-hydrogen) atoms. The monoisotopic (exact) mass is 344 g/mol. The van der Waals surface area contributed by atoms with Gasteiger partial charge in [-0.25, -0.2) is 4.79 Å². The van der Waals surface area contributed by atoms with E-state index < -0.39 is 49.1 Å². The van der Waals surface area contributed by atoms with Crippen LogP contribution in [0, 0.1) is 0 Å². The summed E-state index contributed by atoms with van der Waals surface area (Å²) in [5.41, 5.74) is 10.7. The van der Waals surface area contributed by atoms with Crippen molar-refractivity contribution < 1.29 is 29.1 Å². The third-order valence-corrected chi connectivity index (χ3v) is 2.97. The first-order valence-electron chi connectivity index (χ1n) is 6.95. The van der Waals surface area contributed by atoms with E-state index in [9.17, 15) is 14.4 Å². The van der Waals surface area contributed by atoms with Crippen LogP contribution >= 0.6 is 0 Å². The minimum Gasteiger partial charge on any atom is -0.394 e. The van der Waals surface area contributed by atoms with Crippen molar-refractivity contribution in [2.75, 3.05) is 13.2 Å². The number of urea groups is 1. The first-order valence-corrected chi connectivity index (χ1v) is 6.95. The van der Waals surface area contributed by atoms with Crippen LogP contribution in [0.4, 0.5) is 4.79 Å². The van der Waals surface area contributed by atoms with Crippen LogP contribution in [0.3, 0.4) is 0 Å². The Labute approximate surface area is 136 Å². The Kier molecular flexibility index (Phi) is 7.23. The summed E-state index contributed by atoms with van der Waals surface area (Å²) in [5.74, 6) is -1.36. The topological polar surface area (TPSA) is 207 Å². The van der Waals surface area contributed by atoms with Crippen molar-refractivity contribution in [1.29, 1.82) is 0 Å². The van der Waals surface area contributed by atoms with Crippen LogP contribution in [-0.4, -0.2) is 57.3 Å². The highest BCUT2D eigenvalue weighted by Gasteiger charge is 2.26. The van der Waals surface area contributed by atoms with Crippen LogP contribution in [0.1, 0.15) is 37.1 Å². The van der Waals surface area contributed by atoms with Crippen LogP contribution in [0.25, 0.3) is 0 Å². The number of carbonyl (C=O) groups excluding carboxylic acids is 3. The molecule has 0 spiro atoms. The van der Waals surface area contributed by atoms with Gasteiger partial charge in [0.15, 0.2) is 11.6 Å². The average molecular weight is 344 g/mol. The van der Waals surface area contributed by atoms with E-state index in [1.165, 1.54) is 6.92 Å². The molecule has 3 amide bonds. The Morgan fingerprint density at radius 2 is 1.92 bits per heavy atom. The van der Waals surface area contributed by atoms with Crippen molar-refractivity contribution in [3.63, 3.8) is 0 Å². The van der Waals surface area contributed by atoms with Crippen molar-refractivity contribution in [3.05, 3.63) is 11.7 Å². The molecule has 0 fully saturated rings. The lowest BCUT2D eigenvalue weighted by Crippen LogP contribution is -2.48. The van der Waals surface area contributed by atoms with E-state index in [2.05, 4.69) is 20.8 Å². The highest BCUT2D eigenvalue weighted by Crippen LogP contribution is 2.16. The summed E-state index contributed by atoms with van der Waals surface area (Å²) in [4.78, 5) is 38.1. The largest absolute Gasteiger partial charge is 0.394 e. The van der Waals surface area contributed by atoms with Gasteiger partial charge >= 0.3 is 6.03 Å². The van der Waals surface area contributed by atoms with Crippen LogP contribution in [-0.2, 0) is 9.59 Å². The zero-order valence-corrected chi connectivity index (χ0v) is 12.9. The Morgan fingerprint density at radius 3 is 2.42 bits per heavy atom. The number of carbonyl (C=O) groups is 3. The van der Waals surface area contributed by atoms with E-state index in [0.29, 0.717) is 0 Å². The molecule has 0 radical (unpaired) electrons. The van der Waals surface area contributed by atoms with Crippen LogP contribution < -0.4 is 22.1 Å². The van der Waals surface area contributed by atoms with Gasteiger partial charge in [-0.1, -0.05) is 5.16 Å². The van der Waals surface area contributed by atoms with Gasteiger partial charge in [0.1, 0.15) is 12.1 Å². The molecular formula is C12H20N6O6. The van der Waals surface area contributed by atoms with Crippen molar-refractivity contribution in [3.8, 4) is 0 Å². The first kappa shape index (κ1) is 19.5. The first-order chi connectivity index (χ1) is 11.3. The van der Waals surface area contributed by atoms with Gasteiger partial charge in [-0.2, -0.15) is 4.98 Å². The average Bonchev–Trinajstić information content (AvgIpc) is 3.00.